The highest BCUT2D eigenvalue weighted by Crippen LogP contribution is 2.29. The smallest absolute Gasteiger partial charge is 0.246 e. The molecule has 2 aliphatic heterocycles. The maximum Gasteiger partial charge on any atom is 0.246 e. The van der Waals surface area contributed by atoms with Gasteiger partial charge in [-0.1, -0.05) is 0 Å². The Labute approximate surface area is 119 Å². The summed E-state index contributed by atoms with van der Waals surface area (Å²) in [6.07, 6.45) is 4.58. The fraction of sp³-hybridized carbons (Fsp3) is 0.750. The van der Waals surface area contributed by atoms with Crippen molar-refractivity contribution < 1.29 is 8.42 Å². The molecule has 3 rings (SSSR count). The number of fused-ring (bicyclic) bond motifs is 1. The monoisotopic (exact) mass is 299 g/mol. The van der Waals surface area contributed by atoms with Crippen molar-refractivity contribution in [3.63, 3.8) is 0 Å². The lowest BCUT2D eigenvalue weighted by Crippen LogP contribution is -2.42. The van der Waals surface area contributed by atoms with E-state index in [1.807, 2.05) is 6.92 Å². The summed E-state index contributed by atoms with van der Waals surface area (Å²) in [5, 5.41) is 4.00. The highest BCUT2D eigenvalue weighted by atomic mass is 32.2. The number of aromatic nitrogens is 2. The number of sulfonamides is 1. The van der Waals surface area contributed by atoms with Gasteiger partial charge in [-0.2, -0.15) is 5.10 Å². The van der Waals surface area contributed by atoms with E-state index in [2.05, 4.69) is 14.7 Å². The molecule has 0 saturated carbocycles. The Morgan fingerprint density at radius 3 is 2.95 bits per heavy atom. The number of anilines is 1. The molecule has 0 amide bonds. The third kappa shape index (κ3) is 2.32. The Morgan fingerprint density at radius 1 is 1.45 bits per heavy atom. The molecule has 1 aromatic rings. The zero-order valence-electron chi connectivity index (χ0n) is 11.6. The zero-order chi connectivity index (χ0) is 14.3. The van der Waals surface area contributed by atoms with Crippen molar-refractivity contribution >= 4 is 15.8 Å². The van der Waals surface area contributed by atoms with Crippen molar-refractivity contribution in [2.45, 2.75) is 49.7 Å². The van der Waals surface area contributed by atoms with Crippen LogP contribution in [0.4, 0.5) is 5.82 Å². The second-order valence-corrected chi connectivity index (χ2v) is 7.18. The Kier molecular flexibility index (Phi) is 3.47. The minimum atomic E-state index is -3.59. The van der Waals surface area contributed by atoms with Crippen molar-refractivity contribution in [1.29, 1.82) is 0 Å². The summed E-state index contributed by atoms with van der Waals surface area (Å²) in [6, 6.07) is 0.332. The molecule has 8 heteroatoms. The van der Waals surface area contributed by atoms with Crippen LogP contribution in [0.1, 0.15) is 26.2 Å². The van der Waals surface area contributed by atoms with Crippen LogP contribution in [0.15, 0.2) is 11.1 Å². The normalized spacial score (nSPS) is 27.1. The number of hydrogen-bond acceptors (Lipinski definition) is 5. The van der Waals surface area contributed by atoms with Gasteiger partial charge in [0.2, 0.25) is 10.0 Å². The molecule has 112 valence electrons. The average Bonchev–Trinajstić information content (AvgIpc) is 3.06. The number of nitrogens with zero attached hydrogens (tertiary/aromatic N) is 3. The van der Waals surface area contributed by atoms with Gasteiger partial charge in [0.15, 0.2) is 5.82 Å². The molecule has 2 saturated heterocycles. The van der Waals surface area contributed by atoms with Gasteiger partial charge >= 0.3 is 0 Å². The predicted molar refractivity (Wildman–Crippen MR) is 75.6 cm³/mol. The average molecular weight is 299 g/mol. The fourth-order valence-electron chi connectivity index (χ4n) is 3.27. The summed E-state index contributed by atoms with van der Waals surface area (Å²) < 4.78 is 29.3. The van der Waals surface area contributed by atoms with Crippen molar-refractivity contribution in [2.75, 3.05) is 18.8 Å². The first-order valence-electron chi connectivity index (χ1n) is 7.10. The van der Waals surface area contributed by atoms with Crippen LogP contribution in [0, 0.1) is 0 Å². The molecular weight excluding hydrogens is 278 g/mol. The minimum Gasteiger partial charge on any atom is -0.381 e. The molecule has 2 atom stereocenters. The van der Waals surface area contributed by atoms with Gasteiger partial charge in [0.1, 0.15) is 4.90 Å². The van der Waals surface area contributed by atoms with Gasteiger partial charge in [0, 0.05) is 31.4 Å². The van der Waals surface area contributed by atoms with Crippen molar-refractivity contribution in [3.05, 3.63) is 6.20 Å². The molecule has 0 aromatic carbocycles. The third-order valence-electron chi connectivity index (χ3n) is 4.28. The van der Waals surface area contributed by atoms with E-state index < -0.39 is 10.0 Å². The van der Waals surface area contributed by atoms with Crippen LogP contribution in [-0.2, 0) is 16.6 Å². The van der Waals surface area contributed by atoms with Crippen LogP contribution < -0.4 is 10.5 Å². The number of nitrogens with two attached hydrogens (primary N) is 1. The van der Waals surface area contributed by atoms with Crippen molar-refractivity contribution in [1.82, 2.24) is 19.4 Å². The minimum absolute atomic E-state index is 0.00752. The molecule has 7 nitrogen and oxygen atoms in total. The molecule has 20 heavy (non-hydrogen) atoms. The SMILES string of the molecule is CCn1cc(S(=O)(=O)NC2CCN3CCCC23)c(N)n1. The van der Waals surface area contributed by atoms with E-state index in [9.17, 15) is 8.42 Å². The summed E-state index contributed by atoms with van der Waals surface area (Å²) in [5.74, 6) is 0.0700. The van der Waals surface area contributed by atoms with Gasteiger partial charge in [-0.05, 0) is 32.7 Å². The fourth-order valence-corrected chi connectivity index (χ4v) is 4.65. The molecule has 0 aliphatic carbocycles. The van der Waals surface area contributed by atoms with E-state index in [0.717, 1.165) is 32.4 Å². The third-order valence-corrected chi connectivity index (χ3v) is 5.79. The maximum absolute atomic E-state index is 12.5. The lowest BCUT2D eigenvalue weighted by atomic mass is 10.1. The molecule has 3 N–H and O–H groups in total. The van der Waals surface area contributed by atoms with Crippen LogP contribution in [0.3, 0.4) is 0 Å². The van der Waals surface area contributed by atoms with Crippen molar-refractivity contribution in [2.24, 2.45) is 0 Å². The lowest BCUT2D eigenvalue weighted by molar-refractivity contribution is 0.309. The summed E-state index contributed by atoms with van der Waals surface area (Å²) in [7, 11) is -3.59. The molecule has 3 heterocycles. The quantitative estimate of drug-likeness (QED) is 0.816. The summed E-state index contributed by atoms with van der Waals surface area (Å²) >= 11 is 0. The molecule has 1 aromatic heterocycles. The highest BCUT2D eigenvalue weighted by molar-refractivity contribution is 7.89. The molecule has 2 fully saturated rings. The van der Waals surface area contributed by atoms with Crippen LogP contribution in [0.25, 0.3) is 0 Å². The number of rotatable bonds is 4. The van der Waals surface area contributed by atoms with Gasteiger partial charge in [-0.25, -0.2) is 13.1 Å². The Bertz CT molecular complexity index is 597. The standard InChI is InChI=1S/C12H21N5O2S/c1-2-17-8-11(12(13)14-17)20(18,19)15-9-5-7-16-6-3-4-10(9)16/h8-10,15H,2-7H2,1H3,(H2,13,14). The Morgan fingerprint density at radius 2 is 2.25 bits per heavy atom. The molecular formula is C12H21N5O2S. The predicted octanol–water partition coefficient (Wildman–Crippen LogP) is 0.000200. The number of nitrogen functional groups attached to an aromatic ring is 1. The van der Waals surface area contributed by atoms with E-state index in [1.54, 1.807) is 4.68 Å². The Hall–Kier alpha value is -1.12. The number of aryl methyl sites for hydroxylation is 1. The van der Waals surface area contributed by atoms with Crippen LogP contribution >= 0.6 is 0 Å². The molecule has 2 aliphatic rings. The highest BCUT2D eigenvalue weighted by Gasteiger charge is 2.39. The van der Waals surface area contributed by atoms with Gasteiger partial charge in [0.25, 0.3) is 0 Å². The largest absolute Gasteiger partial charge is 0.381 e. The van der Waals surface area contributed by atoms with Crippen LogP contribution in [-0.4, -0.2) is 48.3 Å². The maximum atomic E-state index is 12.5. The first-order valence-corrected chi connectivity index (χ1v) is 8.59. The molecule has 0 spiro atoms. The first kappa shape index (κ1) is 13.8. The summed E-state index contributed by atoms with van der Waals surface area (Å²) in [5.41, 5.74) is 5.72. The van der Waals surface area contributed by atoms with E-state index in [1.165, 1.54) is 6.20 Å². The van der Waals surface area contributed by atoms with Crippen molar-refractivity contribution in [3.8, 4) is 0 Å². The van der Waals surface area contributed by atoms with Crippen LogP contribution in [0.5, 0.6) is 0 Å². The summed E-state index contributed by atoms with van der Waals surface area (Å²) in [4.78, 5) is 2.46. The van der Waals surface area contributed by atoms with E-state index >= 15 is 0 Å². The first-order chi connectivity index (χ1) is 9.51. The van der Waals surface area contributed by atoms with E-state index in [4.69, 9.17) is 5.73 Å². The Balaban J connectivity index is 1.80. The van der Waals surface area contributed by atoms with Gasteiger partial charge in [-0.3, -0.25) is 9.58 Å². The van der Waals surface area contributed by atoms with Gasteiger partial charge in [0.05, 0.1) is 0 Å². The van der Waals surface area contributed by atoms with E-state index in [-0.39, 0.29) is 16.8 Å². The molecule has 2 unspecified atom stereocenters. The number of nitrogens with one attached hydrogen (secondary N) is 1. The molecule has 0 bridgehead atoms. The van der Waals surface area contributed by atoms with Crippen LogP contribution in [0.2, 0.25) is 0 Å². The van der Waals surface area contributed by atoms with E-state index in [0.29, 0.717) is 12.6 Å². The van der Waals surface area contributed by atoms with Gasteiger partial charge in [-0.15, -0.1) is 0 Å². The topological polar surface area (TPSA) is 93.2 Å². The lowest BCUT2D eigenvalue weighted by Gasteiger charge is -2.20. The molecule has 0 radical (unpaired) electrons. The summed E-state index contributed by atoms with van der Waals surface area (Å²) in [6.45, 7) is 4.55. The number of hydrogen-bond donors (Lipinski definition) is 2. The zero-order valence-corrected chi connectivity index (χ0v) is 12.4. The van der Waals surface area contributed by atoms with Gasteiger partial charge < -0.3 is 5.73 Å². The second kappa shape index (κ2) is 5.01. The second-order valence-electron chi connectivity index (χ2n) is 5.50.